The number of hydrogen-bond acceptors (Lipinski definition) is 6. The molecule has 1 heterocycles. The molecule has 0 fully saturated rings. The molecule has 0 atom stereocenters. The second kappa shape index (κ2) is 9.11. The van der Waals surface area contributed by atoms with Gasteiger partial charge in [-0.3, -0.25) is 8.98 Å². The molecular weight excluding hydrogens is 394 g/mol. The van der Waals surface area contributed by atoms with Crippen LogP contribution in [0.15, 0.2) is 59.6 Å². The molecule has 0 amide bonds. The van der Waals surface area contributed by atoms with E-state index in [1.54, 1.807) is 29.7 Å². The minimum Gasteiger partial charge on any atom is -0.491 e. The Hall–Kier alpha value is -2.84. The van der Waals surface area contributed by atoms with Crippen LogP contribution in [-0.4, -0.2) is 38.8 Å². The van der Waals surface area contributed by atoms with Gasteiger partial charge in [0.15, 0.2) is 0 Å². The summed E-state index contributed by atoms with van der Waals surface area (Å²) in [5, 5.41) is 0.903. The highest BCUT2D eigenvalue weighted by Gasteiger charge is 2.15. The fourth-order valence-electron chi connectivity index (χ4n) is 2.89. The minimum absolute atomic E-state index is 0.0834. The predicted octanol–water partition coefficient (Wildman–Crippen LogP) is 3.30. The molecule has 0 N–H and O–H groups in total. The van der Waals surface area contributed by atoms with E-state index in [9.17, 15) is 13.2 Å². The van der Waals surface area contributed by atoms with E-state index in [4.69, 9.17) is 13.7 Å². The molecule has 3 aromatic rings. The summed E-state index contributed by atoms with van der Waals surface area (Å²) >= 11 is 0. The quantitative estimate of drug-likeness (QED) is 0.302. The third-order valence-corrected chi connectivity index (χ3v) is 5.52. The van der Waals surface area contributed by atoms with Crippen molar-refractivity contribution in [2.45, 2.75) is 25.3 Å². The van der Waals surface area contributed by atoms with Gasteiger partial charge in [0, 0.05) is 17.1 Å². The lowest BCUT2D eigenvalue weighted by atomic mass is 10.2. The zero-order valence-corrected chi connectivity index (χ0v) is 17.1. The van der Waals surface area contributed by atoms with Crippen molar-refractivity contribution in [3.05, 3.63) is 60.3 Å². The van der Waals surface area contributed by atoms with Gasteiger partial charge in [-0.05, 0) is 55.8 Å². The van der Waals surface area contributed by atoms with Gasteiger partial charge in [-0.25, -0.2) is 0 Å². The molecule has 0 spiro atoms. The largest absolute Gasteiger partial charge is 0.491 e. The van der Waals surface area contributed by atoms with Gasteiger partial charge in [0.05, 0.1) is 11.5 Å². The van der Waals surface area contributed by atoms with Crippen molar-refractivity contribution in [1.29, 1.82) is 0 Å². The normalized spacial score (nSPS) is 11.5. The van der Waals surface area contributed by atoms with E-state index in [0.717, 1.165) is 16.5 Å². The molecule has 7 nitrogen and oxygen atoms in total. The maximum absolute atomic E-state index is 12.2. The van der Waals surface area contributed by atoms with Crippen LogP contribution in [0.2, 0.25) is 0 Å². The van der Waals surface area contributed by atoms with Gasteiger partial charge in [-0.15, -0.1) is 0 Å². The van der Waals surface area contributed by atoms with E-state index in [0.29, 0.717) is 12.4 Å². The zero-order valence-electron chi connectivity index (χ0n) is 16.3. The van der Waals surface area contributed by atoms with Crippen molar-refractivity contribution in [2.24, 2.45) is 0 Å². The fraction of sp³-hybridized carbons (Fsp3) is 0.286. The average Bonchev–Trinajstić information content (AvgIpc) is 3.07. The Morgan fingerprint density at radius 3 is 2.66 bits per heavy atom. The van der Waals surface area contributed by atoms with Crippen LogP contribution in [-0.2, 0) is 30.4 Å². The van der Waals surface area contributed by atoms with Crippen LogP contribution in [0.5, 0.6) is 5.75 Å². The lowest BCUT2D eigenvalue weighted by molar-refractivity contribution is -0.143. The first-order valence-electron chi connectivity index (χ1n) is 9.22. The molecule has 0 aliphatic carbocycles. The highest BCUT2D eigenvalue weighted by Crippen LogP contribution is 2.22. The second-order valence-electron chi connectivity index (χ2n) is 6.41. The van der Waals surface area contributed by atoms with Gasteiger partial charge in [-0.2, -0.15) is 8.42 Å². The monoisotopic (exact) mass is 417 g/mol. The van der Waals surface area contributed by atoms with Crippen LogP contribution < -0.4 is 4.74 Å². The van der Waals surface area contributed by atoms with E-state index in [-0.39, 0.29) is 30.6 Å². The van der Waals surface area contributed by atoms with Crippen molar-refractivity contribution in [3.63, 3.8) is 0 Å². The van der Waals surface area contributed by atoms with Gasteiger partial charge < -0.3 is 14.0 Å². The van der Waals surface area contributed by atoms with Gasteiger partial charge in [0.1, 0.15) is 25.5 Å². The molecule has 1 aromatic heterocycles. The van der Waals surface area contributed by atoms with Crippen LogP contribution in [0.4, 0.5) is 0 Å². The summed E-state index contributed by atoms with van der Waals surface area (Å²) in [7, 11) is -3.81. The number of aromatic nitrogens is 1. The Morgan fingerprint density at radius 2 is 1.90 bits per heavy atom. The van der Waals surface area contributed by atoms with E-state index in [1.807, 2.05) is 37.4 Å². The summed E-state index contributed by atoms with van der Waals surface area (Å²) in [6.07, 6.45) is 1.81. The van der Waals surface area contributed by atoms with Crippen molar-refractivity contribution >= 4 is 27.0 Å². The Kier molecular flexibility index (Phi) is 6.56. The molecule has 29 heavy (non-hydrogen) atoms. The predicted molar refractivity (Wildman–Crippen MR) is 108 cm³/mol. The number of hydrogen-bond donors (Lipinski definition) is 0. The highest BCUT2D eigenvalue weighted by atomic mass is 32.2. The summed E-state index contributed by atoms with van der Waals surface area (Å²) in [6, 6.07) is 13.9. The van der Waals surface area contributed by atoms with Crippen LogP contribution in [0.3, 0.4) is 0 Å². The smallest absolute Gasteiger partial charge is 0.325 e. The summed E-state index contributed by atoms with van der Waals surface area (Å²) in [5.74, 6) is 0.292. The number of aryl methyl sites for hydroxylation is 1. The summed E-state index contributed by atoms with van der Waals surface area (Å²) < 4.78 is 41.8. The van der Waals surface area contributed by atoms with Gasteiger partial charge in [0.2, 0.25) is 0 Å². The maximum Gasteiger partial charge on any atom is 0.325 e. The van der Waals surface area contributed by atoms with E-state index in [2.05, 4.69) is 0 Å². The second-order valence-corrected chi connectivity index (χ2v) is 8.03. The molecule has 3 rings (SSSR count). The fourth-order valence-corrected chi connectivity index (χ4v) is 3.89. The average molecular weight is 417 g/mol. The molecule has 0 aliphatic heterocycles. The lowest BCUT2D eigenvalue weighted by Gasteiger charge is -2.09. The third-order valence-electron chi connectivity index (χ3n) is 4.22. The van der Waals surface area contributed by atoms with Crippen molar-refractivity contribution in [1.82, 2.24) is 4.57 Å². The molecule has 0 aliphatic rings. The molecule has 8 heteroatoms. The van der Waals surface area contributed by atoms with Gasteiger partial charge in [0.25, 0.3) is 10.1 Å². The molecule has 0 unspecified atom stereocenters. The SMILES string of the molecule is CCOC(=O)Cn1ccc2cc(OCCOS(=O)(=O)c3cccc(C)c3)ccc21. The highest BCUT2D eigenvalue weighted by molar-refractivity contribution is 7.86. The number of carbonyl (C=O) groups is 1. The number of fused-ring (bicyclic) bond motifs is 1. The summed E-state index contributed by atoms with van der Waals surface area (Å²) in [5.41, 5.74) is 1.72. The number of benzene rings is 2. The molecule has 2 aromatic carbocycles. The van der Waals surface area contributed by atoms with Crippen LogP contribution in [0.25, 0.3) is 10.9 Å². The molecular formula is C21H23NO6S. The molecule has 0 radical (unpaired) electrons. The maximum atomic E-state index is 12.2. The number of ether oxygens (including phenoxy) is 2. The first-order chi connectivity index (χ1) is 13.9. The van der Waals surface area contributed by atoms with Crippen LogP contribution in [0.1, 0.15) is 12.5 Å². The number of carbonyl (C=O) groups excluding carboxylic acids is 1. The topological polar surface area (TPSA) is 83.8 Å². The van der Waals surface area contributed by atoms with Gasteiger partial charge >= 0.3 is 5.97 Å². The van der Waals surface area contributed by atoms with Crippen molar-refractivity contribution in [2.75, 3.05) is 19.8 Å². The van der Waals surface area contributed by atoms with Crippen LogP contribution >= 0.6 is 0 Å². The first-order valence-corrected chi connectivity index (χ1v) is 10.6. The van der Waals surface area contributed by atoms with E-state index >= 15 is 0 Å². The Morgan fingerprint density at radius 1 is 1.07 bits per heavy atom. The zero-order chi connectivity index (χ0) is 20.9. The Labute approximate surface area is 169 Å². The summed E-state index contributed by atoms with van der Waals surface area (Å²) in [4.78, 5) is 11.8. The third kappa shape index (κ3) is 5.36. The Balaban J connectivity index is 1.56. The molecule has 154 valence electrons. The van der Waals surface area contributed by atoms with Crippen LogP contribution in [0, 0.1) is 6.92 Å². The van der Waals surface area contributed by atoms with E-state index < -0.39 is 10.1 Å². The minimum atomic E-state index is -3.81. The number of nitrogens with zero attached hydrogens (tertiary/aromatic N) is 1. The number of esters is 1. The molecule has 0 saturated heterocycles. The summed E-state index contributed by atoms with van der Waals surface area (Å²) in [6.45, 7) is 4.06. The lowest BCUT2D eigenvalue weighted by Crippen LogP contribution is -2.13. The number of rotatable bonds is 9. The van der Waals surface area contributed by atoms with E-state index in [1.165, 1.54) is 6.07 Å². The Bertz CT molecular complexity index is 1100. The van der Waals surface area contributed by atoms with Crippen molar-refractivity contribution in [3.8, 4) is 5.75 Å². The van der Waals surface area contributed by atoms with Gasteiger partial charge in [-0.1, -0.05) is 12.1 Å². The first kappa shape index (κ1) is 20.9. The van der Waals surface area contributed by atoms with Crippen molar-refractivity contribution < 1.29 is 26.9 Å². The standard InChI is InChI=1S/C21H23NO6S/c1-3-26-21(23)15-22-10-9-17-14-18(7-8-20(17)22)27-11-12-28-29(24,25)19-6-4-5-16(2)13-19/h4-10,13-14H,3,11-12,15H2,1-2H3. The molecule has 0 saturated carbocycles. The molecule has 0 bridgehead atoms.